The average Bonchev–Trinajstić information content (AvgIpc) is 2.88. The zero-order valence-corrected chi connectivity index (χ0v) is 10.3. The normalized spacial score (nSPS) is 12.7. The van der Waals surface area contributed by atoms with Crippen LogP contribution in [-0.2, 0) is 0 Å². The fourth-order valence-electron chi connectivity index (χ4n) is 1.83. The fourth-order valence-corrected chi connectivity index (χ4v) is 2.62. The van der Waals surface area contributed by atoms with E-state index in [1.54, 1.807) is 29.9 Å². The molecule has 0 aromatic carbocycles. The molecule has 3 N–H and O–H groups in total. The maximum Gasteiger partial charge on any atom is 0.0912 e. The summed E-state index contributed by atoms with van der Waals surface area (Å²) in [5, 5.41) is 2.02. The Kier molecular flexibility index (Phi) is 2.97. The van der Waals surface area contributed by atoms with E-state index in [2.05, 4.69) is 26.4 Å². The number of hydrazine groups is 1. The lowest BCUT2D eigenvalue weighted by atomic mass is 10.1. The molecule has 5 nitrogen and oxygen atoms in total. The van der Waals surface area contributed by atoms with Crippen molar-refractivity contribution in [1.29, 1.82) is 0 Å². The van der Waals surface area contributed by atoms with Crippen LogP contribution in [0.1, 0.15) is 17.3 Å². The summed E-state index contributed by atoms with van der Waals surface area (Å²) in [5.74, 6) is 5.61. The van der Waals surface area contributed by atoms with Gasteiger partial charge in [0.05, 0.1) is 28.1 Å². The number of pyridine rings is 1. The second-order valence-corrected chi connectivity index (χ2v) is 4.75. The van der Waals surface area contributed by atoms with Gasteiger partial charge in [-0.1, -0.05) is 0 Å². The Balaban J connectivity index is 2.05. The molecule has 3 aromatic heterocycles. The van der Waals surface area contributed by atoms with Crippen molar-refractivity contribution in [3.8, 4) is 0 Å². The molecule has 6 heteroatoms. The summed E-state index contributed by atoms with van der Waals surface area (Å²) in [6, 6.07) is 3.88. The number of nitrogens with one attached hydrogen (secondary N) is 1. The van der Waals surface area contributed by atoms with E-state index in [1.807, 2.05) is 17.6 Å². The van der Waals surface area contributed by atoms with Gasteiger partial charge in [-0.2, -0.15) is 0 Å². The molecule has 0 aliphatic carbocycles. The van der Waals surface area contributed by atoms with E-state index in [0.29, 0.717) is 0 Å². The number of hydrogen-bond donors (Lipinski definition) is 2. The summed E-state index contributed by atoms with van der Waals surface area (Å²) < 4.78 is 1.14. The van der Waals surface area contributed by atoms with E-state index in [4.69, 9.17) is 5.84 Å². The molecule has 0 aliphatic heterocycles. The fraction of sp³-hybridized carbons (Fsp3) is 0.0833. The molecular formula is C12H11N5S. The molecule has 0 fully saturated rings. The monoisotopic (exact) mass is 257 g/mol. The van der Waals surface area contributed by atoms with Crippen molar-refractivity contribution in [3.05, 3.63) is 53.6 Å². The molecule has 0 saturated carbocycles. The van der Waals surface area contributed by atoms with Crippen LogP contribution in [0.3, 0.4) is 0 Å². The first kappa shape index (κ1) is 11.2. The third kappa shape index (κ3) is 1.97. The molecule has 1 unspecified atom stereocenters. The van der Waals surface area contributed by atoms with Gasteiger partial charge in [-0.15, -0.1) is 11.3 Å². The Labute approximate surface area is 108 Å². The third-order valence-electron chi connectivity index (χ3n) is 2.70. The van der Waals surface area contributed by atoms with Gasteiger partial charge in [0.15, 0.2) is 0 Å². The van der Waals surface area contributed by atoms with E-state index in [0.717, 1.165) is 21.5 Å². The van der Waals surface area contributed by atoms with Gasteiger partial charge in [0.25, 0.3) is 0 Å². The summed E-state index contributed by atoms with van der Waals surface area (Å²) >= 11 is 1.66. The molecule has 3 rings (SSSR count). The van der Waals surface area contributed by atoms with Crippen LogP contribution in [0.25, 0.3) is 10.2 Å². The lowest BCUT2D eigenvalue weighted by Crippen LogP contribution is -2.29. The second-order valence-electron chi connectivity index (χ2n) is 3.80. The molecule has 0 bridgehead atoms. The number of aromatic nitrogens is 3. The Morgan fingerprint density at radius 3 is 2.94 bits per heavy atom. The minimum atomic E-state index is -0.197. The lowest BCUT2D eigenvalue weighted by molar-refractivity contribution is 0.617. The van der Waals surface area contributed by atoms with Crippen LogP contribution in [0.5, 0.6) is 0 Å². The molecule has 90 valence electrons. The highest BCUT2D eigenvalue weighted by molar-refractivity contribution is 7.17. The van der Waals surface area contributed by atoms with E-state index in [-0.39, 0.29) is 6.04 Å². The van der Waals surface area contributed by atoms with E-state index < -0.39 is 0 Å². The third-order valence-corrected chi connectivity index (χ3v) is 3.56. The highest BCUT2D eigenvalue weighted by Crippen LogP contribution is 2.24. The van der Waals surface area contributed by atoms with Gasteiger partial charge in [-0.05, 0) is 23.1 Å². The van der Waals surface area contributed by atoms with Crippen molar-refractivity contribution in [2.45, 2.75) is 6.04 Å². The number of nitrogens with two attached hydrogens (primary N) is 1. The second kappa shape index (κ2) is 4.77. The van der Waals surface area contributed by atoms with Crippen LogP contribution in [-0.4, -0.2) is 15.0 Å². The molecule has 1 atom stereocenters. The molecule has 3 heterocycles. The van der Waals surface area contributed by atoms with Crippen molar-refractivity contribution < 1.29 is 0 Å². The van der Waals surface area contributed by atoms with Gasteiger partial charge < -0.3 is 0 Å². The van der Waals surface area contributed by atoms with E-state index in [9.17, 15) is 0 Å². The molecule has 0 amide bonds. The predicted octanol–water partition coefficient (Wildman–Crippen LogP) is 1.64. The van der Waals surface area contributed by atoms with Crippen LogP contribution in [0.15, 0.2) is 42.3 Å². The highest BCUT2D eigenvalue weighted by atomic mass is 32.1. The first-order chi connectivity index (χ1) is 8.88. The molecule has 0 spiro atoms. The van der Waals surface area contributed by atoms with Crippen LogP contribution in [0.4, 0.5) is 0 Å². The number of thiophene rings is 1. The van der Waals surface area contributed by atoms with Gasteiger partial charge >= 0.3 is 0 Å². The lowest BCUT2D eigenvalue weighted by Gasteiger charge is -2.14. The summed E-state index contributed by atoms with van der Waals surface area (Å²) in [4.78, 5) is 12.7. The zero-order chi connectivity index (χ0) is 12.4. The van der Waals surface area contributed by atoms with Gasteiger partial charge in [0, 0.05) is 18.6 Å². The van der Waals surface area contributed by atoms with Gasteiger partial charge in [-0.3, -0.25) is 20.8 Å². The number of nitrogens with zero attached hydrogens (tertiary/aromatic N) is 3. The molecular weight excluding hydrogens is 246 g/mol. The molecule has 0 aliphatic rings. The number of hydrogen-bond acceptors (Lipinski definition) is 6. The van der Waals surface area contributed by atoms with Gasteiger partial charge in [0.1, 0.15) is 0 Å². The van der Waals surface area contributed by atoms with Crippen LogP contribution >= 0.6 is 11.3 Å². The first-order valence-electron chi connectivity index (χ1n) is 5.43. The summed E-state index contributed by atoms with van der Waals surface area (Å²) in [6.45, 7) is 0. The maximum atomic E-state index is 5.61. The molecule has 0 saturated heterocycles. The van der Waals surface area contributed by atoms with E-state index in [1.165, 1.54) is 0 Å². The number of rotatable bonds is 3. The van der Waals surface area contributed by atoms with Gasteiger partial charge in [-0.25, -0.2) is 5.43 Å². The maximum absolute atomic E-state index is 5.61. The largest absolute Gasteiger partial charge is 0.271 e. The smallest absolute Gasteiger partial charge is 0.0912 e. The topological polar surface area (TPSA) is 76.7 Å². The van der Waals surface area contributed by atoms with Crippen molar-refractivity contribution in [2.75, 3.05) is 0 Å². The van der Waals surface area contributed by atoms with Crippen molar-refractivity contribution >= 4 is 21.6 Å². The van der Waals surface area contributed by atoms with Gasteiger partial charge in [0.2, 0.25) is 0 Å². The minimum Gasteiger partial charge on any atom is -0.271 e. The summed E-state index contributed by atoms with van der Waals surface area (Å²) in [5.41, 5.74) is 5.51. The number of fused-ring (bicyclic) bond motifs is 1. The van der Waals surface area contributed by atoms with Crippen molar-refractivity contribution in [1.82, 2.24) is 20.4 Å². The van der Waals surface area contributed by atoms with Crippen LogP contribution in [0, 0.1) is 0 Å². The highest BCUT2D eigenvalue weighted by Gasteiger charge is 2.15. The predicted molar refractivity (Wildman–Crippen MR) is 70.8 cm³/mol. The molecule has 0 radical (unpaired) electrons. The summed E-state index contributed by atoms with van der Waals surface area (Å²) in [6.07, 6.45) is 6.80. The zero-order valence-electron chi connectivity index (χ0n) is 9.45. The minimum absolute atomic E-state index is 0.197. The van der Waals surface area contributed by atoms with Crippen molar-refractivity contribution in [2.24, 2.45) is 5.84 Å². The first-order valence-corrected chi connectivity index (χ1v) is 6.31. The Bertz CT molecular complexity index is 652. The SMILES string of the molecule is NNC(c1cnc2ccsc2c1)c1cnccn1. The quantitative estimate of drug-likeness (QED) is 0.551. The van der Waals surface area contributed by atoms with Crippen molar-refractivity contribution in [3.63, 3.8) is 0 Å². The van der Waals surface area contributed by atoms with Crippen LogP contribution in [0.2, 0.25) is 0 Å². The molecule has 18 heavy (non-hydrogen) atoms. The average molecular weight is 257 g/mol. The Hall–Kier alpha value is -1.89. The van der Waals surface area contributed by atoms with E-state index >= 15 is 0 Å². The van der Waals surface area contributed by atoms with Crippen LogP contribution < -0.4 is 11.3 Å². The Morgan fingerprint density at radius 1 is 1.22 bits per heavy atom. The standard InChI is InChI=1S/C12H11N5S/c13-17-12(10-7-14-2-3-15-10)8-5-11-9(16-6-8)1-4-18-11/h1-7,12,17H,13H2. The Morgan fingerprint density at radius 2 is 2.17 bits per heavy atom. The summed E-state index contributed by atoms with van der Waals surface area (Å²) in [7, 11) is 0. The molecule has 3 aromatic rings.